The number of aliphatic carboxylic acids is 1. The van der Waals surface area contributed by atoms with Crippen molar-refractivity contribution >= 4 is 17.7 Å². The summed E-state index contributed by atoms with van der Waals surface area (Å²) < 4.78 is 5.07. The molecule has 1 atom stereocenters. The van der Waals surface area contributed by atoms with Crippen LogP contribution >= 0.6 is 0 Å². The van der Waals surface area contributed by atoms with Crippen LogP contribution in [-0.2, 0) is 16.0 Å². The highest BCUT2D eigenvalue weighted by Crippen LogP contribution is 2.10. The van der Waals surface area contributed by atoms with Crippen LogP contribution in [0.2, 0.25) is 0 Å². The van der Waals surface area contributed by atoms with Crippen LogP contribution in [0.5, 0.6) is 0 Å². The topological polar surface area (TPSA) is 87.7 Å². The molecule has 0 aliphatic heterocycles. The molecule has 3 N–H and O–H groups in total. The van der Waals surface area contributed by atoms with Gasteiger partial charge in [-0.1, -0.05) is 26.0 Å². The molecule has 0 aliphatic carbocycles. The summed E-state index contributed by atoms with van der Waals surface area (Å²) in [4.78, 5) is 22.5. The number of ether oxygens (including phenoxy) is 1. The number of carbonyl (C=O) groups is 2. The molecule has 1 unspecified atom stereocenters. The number of anilines is 1. The maximum Gasteiger partial charge on any atom is 0.319 e. The number of hydrogen-bond donors (Lipinski definition) is 3. The zero-order valence-electron chi connectivity index (χ0n) is 12.6. The predicted molar refractivity (Wildman–Crippen MR) is 80.4 cm³/mol. The third kappa shape index (κ3) is 6.27. The minimum absolute atomic E-state index is 0.0320. The smallest absolute Gasteiger partial charge is 0.319 e. The van der Waals surface area contributed by atoms with Gasteiger partial charge in [-0.15, -0.1) is 0 Å². The molecule has 6 nitrogen and oxygen atoms in total. The minimum atomic E-state index is -0.882. The average molecular weight is 294 g/mol. The van der Waals surface area contributed by atoms with Crippen LogP contribution in [0, 0.1) is 5.92 Å². The van der Waals surface area contributed by atoms with Gasteiger partial charge in [0, 0.05) is 12.8 Å². The van der Waals surface area contributed by atoms with Gasteiger partial charge in [-0.3, -0.25) is 4.79 Å². The van der Waals surface area contributed by atoms with Crippen LogP contribution in [0.25, 0.3) is 0 Å². The van der Waals surface area contributed by atoms with Gasteiger partial charge >= 0.3 is 12.0 Å². The van der Waals surface area contributed by atoms with E-state index in [4.69, 9.17) is 9.84 Å². The highest BCUT2D eigenvalue weighted by atomic mass is 16.5. The van der Waals surface area contributed by atoms with Gasteiger partial charge in [-0.05, 0) is 23.6 Å². The molecule has 1 aromatic carbocycles. The molecule has 21 heavy (non-hydrogen) atoms. The fourth-order valence-corrected chi connectivity index (χ4v) is 1.80. The van der Waals surface area contributed by atoms with E-state index in [1.165, 1.54) is 0 Å². The Balaban J connectivity index is 2.55. The van der Waals surface area contributed by atoms with Crippen molar-refractivity contribution in [3.8, 4) is 0 Å². The summed E-state index contributed by atoms with van der Waals surface area (Å²) in [6, 6.07) is 6.34. The Bertz CT molecular complexity index is 471. The van der Waals surface area contributed by atoms with Crippen LogP contribution in [0.1, 0.15) is 19.4 Å². The Morgan fingerprint density at radius 2 is 1.86 bits per heavy atom. The monoisotopic (exact) mass is 294 g/mol. The summed E-state index contributed by atoms with van der Waals surface area (Å²) in [7, 11) is 1.59. The number of nitrogens with one attached hydrogen (secondary N) is 2. The second kappa shape index (κ2) is 8.26. The number of methoxy groups -OCH3 is 1. The maximum atomic E-state index is 11.9. The van der Waals surface area contributed by atoms with Gasteiger partial charge < -0.3 is 20.5 Å². The summed E-state index contributed by atoms with van der Waals surface area (Å²) >= 11 is 0. The van der Waals surface area contributed by atoms with Crippen LogP contribution < -0.4 is 10.6 Å². The molecule has 0 heterocycles. The quantitative estimate of drug-likeness (QED) is 0.718. The molecule has 2 amide bonds. The molecule has 1 aromatic rings. The first-order valence-corrected chi connectivity index (χ1v) is 6.79. The lowest BCUT2D eigenvalue weighted by Gasteiger charge is -2.21. The van der Waals surface area contributed by atoms with E-state index < -0.39 is 5.97 Å². The molecule has 6 heteroatoms. The van der Waals surface area contributed by atoms with Gasteiger partial charge in [0.2, 0.25) is 0 Å². The number of carboxylic acids is 1. The molecule has 0 saturated carbocycles. The number of rotatable bonds is 7. The average Bonchev–Trinajstić information content (AvgIpc) is 2.40. The van der Waals surface area contributed by atoms with Crippen LogP contribution in [0.4, 0.5) is 10.5 Å². The van der Waals surface area contributed by atoms with Crippen molar-refractivity contribution in [2.45, 2.75) is 26.3 Å². The second-order valence-corrected chi connectivity index (χ2v) is 5.17. The van der Waals surface area contributed by atoms with E-state index >= 15 is 0 Å². The fraction of sp³-hybridized carbons (Fsp3) is 0.467. The van der Waals surface area contributed by atoms with Crippen LogP contribution in [0.15, 0.2) is 24.3 Å². The molecule has 0 radical (unpaired) electrons. The third-order valence-corrected chi connectivity index (χ3v) is 3.03. The molecule has 0 fully saturated rings. The number of hydrogen-bond acceptors (Lipinski definition) is 3. The lowest BCUT2D eigenvalue weighted by molar-refractivity contribution is -0.136. The van der Waals surface area contributed by atoms with E-state index in [1.807, 2.05) is 13.8 Å². The third-order valence-electron chi connectivity index (χ3n) is 3.03. The Hall–Kier alpha value is -2.08. The van der Waals surface area contributed by atoms with Gasteiger partial charge in [-0.2, -0.15) is 0 Å². The van der Waals surface area contributed by atoms with Crippen molar-refractivity contribution < 1.29 is 19.4 Å². The Kier molecular flexibility index (Phi) is 6.68. The van der Waals surface area contributed by atoms with E-state index in [0.717, 1.165) is 0 Å². The molecule has 0 spiro atoms. The zero-order valence-corrected chi connectivity index (χ0v) is 12.6. The van der Waals surface area contributed by atoms with E-state index in [1.54, 1.807) is 31.4 Å². The van der Waals surface area contributed by atoms with Crippen molar-refractivity contribution in [3.05, 3.63) is 29.8 Å². The lowest BCUT2D eigenvalue weighted by Crippen LogP contribution is -2.43. The Labute approximate surface area is 124 Å². The van der Waals surface area contributed by atoms with Gasteiger partial charge in [0.25, 0.3) is 0 Å². The molecular weight excluding hydrogens is 272 g/mol. The summed E-state index contributed by atoms with van der Waals surface area (Å²) in [5.41, 5.74) is 1.30. The summed E-state index contributed by atoms with van der Waals surface area (Å²) in [6.07, 6.45) is -0.0320. The number of amides is 2. The van der Waals surface area contributed by atoms with E-state index in [9.17, 15) is 9.59 Å². The van der Waals surface area contributed by atoms with Gasteiger partial charge in [-0.25, -0.2) is 4.79 Å². The molecular formula is C15H22N2O4. The molecule has 116 valence electrons. The summed E-state index contributed by atoms with van der Waals surface area (Å²) in [6.45, 7) is 4.46. The van der Waals surface area contributed by atoms with Gasteiger partial charge in [0.15, 0.2) is 0 Å². The van der Waals surface area contributed by atoms with Crippen LogP contribution in [0.3, 0.4) is 0 Å². The van der Waals surface area contributed by atoms with Crippen molar-refractivity contribution in [2.75, 3.05) is 19.0 Å². The molecule has 0 aromatic heterocycles. The molecule has 1 rings (SSSR count). The Morgan fingerprint density at radius 1 is 1.24 bits per heavy atom. The van der Waals surface area contributed by atoms with Crippen molar-refractivity contribution in [1.29, 1.82) is 0 Å². The molecule has 0 saturated heterocycles. The predicted octanol–water partition coefficient (Wildman–Crippen LogP) is 2.11. The SMILES string of the molecule is COCC(NC(=O)Nc1ccc(CC(=O)O)cc1)C(C)C. The van der Waals surface area contributed by atoms with Crippen LogP contribution in [-0.4, -0.2) is 36.9 Å². The van der Waals surface area contributed by atoms with Gasteiger partial charge in [0.05, 0.1) is 19.1 Å². The molecule has 0 bridgehead atoms. The highest BCUT2D eigenvalue weighted by Gasteiger charge is 2.15. The minimum Gasteiger partial charge on any atom is -0.481 e. The maximum absolute atomic E-state index is 11.9. The highest BCUT2D eigenvalue weighted by molar-refractivity contribution is 5.89. The largest absolute Gasteiger partial charge is 0.481 e. The van der Waals surface area contributed by atoms with E-state index in [-0.39, 0.29) is 24.4 Å². The van der Waals surface area contributed by atoms with Gasteiger partial charge in [0.1, 0.15) is 0 Å². The first kappa shape index (κ1) is 17.0. The molecule has 0 aliphatic rings. The first-order valence-electron chi connectivity index (χ1n) is 6.79. The van der Waals surface area contributed by atoms with E-state index in [0.29, 0.717) is 17.9 Å². The zero-order chi connectivity index (χ0) is 15.8. The fourth-order valence-electron chi connectivity index (χ4n) is 1.80. The normalized spacial score (nSPS) is 12.0. The van der Waals surface area contributed by atoms with E-state index in [2.05, 4.69) is 10.6 Å². The second-order valence-electron chi connectivity index (χ2n) is 5.17. The standard InChI is InChI=1S/C15H22N2O4/c1-10(2)13(9-21-3)17-15(20)16-12-6-4-11(5-7-12)8-14(18)19/h4-7,10,13H,8-9H2,1-3H3,(H,18,19)(H2,16,17,20). The first-order chi connectivity index (χ1) is 9.92. The summed E-state index contributed by atoms with van der Waals surface area (Å²) in [5, 5.41) is 14.2. The lowest BCUT2D eigenvalue weighted by atomic mass is 10.1. The Morgan fingerprint density at radius 3 is 2.33 bits per heavy atom. The van der Waals surface area contributed by atoms with Crippen molar-refractivity contribution in [1.82, 2.24) is 5.32 Å². The van der Waals surface area contributed by atoms with Crippen molar-refractivity contribution in [2.24, 2.45) is 5.92 Å². The summed E-state index contributed by atoms with van der Waals surface area (Å²) in [5.74, 6) is -0.624. The van der Waals surface area contributed by atoms with Crippen molar-refractivity contribution in [3.63, 3.8) is 0 Å². The number of benzene rings is 1. The number of carbonyl (C=O) groups excluding carboxylic acids is 1. The number of carboxylic acid groups (broad SMARTS) is 1. The number of urea groups is 1.